The average molecular weight is 241 g/mol. The number of nitrogens with one attached hydrogen (secondary N) is 1. The van der Waals surface area contributed by atoms with Crippen molar-refractivity contribution in [1.29, 1.82) is 0 Å². The van der Waals surface area contributed by atoms with Crippen molar-refractivity contribution >= 4 is 11.9 Å². The van der Waals surface area contributed by atoms with Gasteiger partial charge in [0.1, 0.15) is 6.04 Å². The minimum Gasteiger partial charge on any atom is -0.480 e. The third-order valence-corrected chi connectivity index (χ3v) is 4.15. The first-order valence-corrected chi connectivity index (χ1v) is 6.23. The van der Waals surface area contributed by atoms with Crippen molar-refractivity contribution in [3.63, 3.8) is 0 Å². The summed E-state index contributed by atoms with van der Waals surface area (Å²) in [7, 11) is 0. The number of carbonyl (C=O) groups is 2. The first kappa shape index (κ1) is 12.4. The van der Waals surface area contributed by atoms with Crippen LogP contribution in [-0.2, 0) is 9.59 Å². The number of carboxylic acid groups (broad SMARTS) is 1. The zero-order chi connectivity index (χ0) is 12.4. The average Bonchev–Trinajstić information content (AvgIpc) is 2.87. The maximum atomic E-state index is 11.7. The van der Waals surface area contributed by atoms with Gasteiger partial charge in [-0.05, 0) is 37.0 Å². The molecule has 2 rings (SSSR count). The summed E-state index contributed by atoms with van der Waals surface area (Å²) in [6.45, 7) is -0.558. The highest BCUT2D eigenvalue weighted by Crippen LogP contribution is 2.49. The number of carboxylic acids is 1. The minimum atomic E-state index is -1.19. The molecule has 0 saturated heterocycles. The van der Waals surface area contributed by atoms with Gasteiger partial charge in [-0.3, -0.25) is 4.79 Å². The molecule has 2 aliphatic carbocycles. The number of hydrogen-bond acceptors (Lipinski definition) is 3. The Labute approximate surface area is 100 Å². The molecular formula is C12H19NO4. The molecule has 0 aliphatic heterocycles. The van der Waals surface area contributed by atoms with Gasteiger partial charge in [0.2, 0.25) is 5.91 Å². The topological polar surface area (TPSA) is 86.6 Å². The van der Waals surface area contributed by atoms with Crippen LogP contribution >= 0.6 is 0 Å². The Morgan fingerprint density at radius 3 is 2.53 bits per heavy atom. The molecule has 0 heterocycles. The standard InChI is InChI=1S/C12H19NO4/c14-6-10(12(16)17)13-11(15)5-9-4-7-1-2-8(9)3-7/h7-10,14H,1-6H2,(H,13,15)(H,16,17). The van der Waals surface area contributed by atoms with E-state index in [4.69, 9.17) is 10.2 Å². The molecule has 5 heteroatoms. The van der Waals surface area contributed by atoms with Crippen LogP contribution in [0.25, 0.3) is 0 Å². The summed E-state index contributed by atoms with van der Waals surface area (Å²) in [5.41, 5.74) is 0. The number of aliphatic hydroxyl groups is 1. The fourth-order valence-electron chi connectivity index (χ4n) is 3.30. The van der Waals surface area contributed by atoms with E-state index < -0.39 is 18.6 Å². The molecule has 4 unspecified atom stereocenters. The Morgan fingerprint density at radius 1 is 1.29 bits per heavy atom. The van der Waals surface area contributed by atoms with Gasteiger partial charge in [0.25, 0.3) is 0 Å². The van der Waals surface area contributed by atoms with Crippen LogP contribution in [0.1, 0.15) is 32.1 Å². The van der Waals surface area contributed by atoms with E-state index in [9.17, 15) is 9.59 Å². The predicted octanol–water partition coefficient (Wildman–Crippen LogP) is 0.374. The Bertz CT molecular complexity index is 318. The number of carbonyl (C=O) groups excluding carboxylic acids is 1. The van der Waals surface area contributed by atoms with Crippen molar-refractivity contribution in [3.05, 3.63) is 0 Å². The highest BCUT2D eigenvalue weighted by molar-refractivity contribution is 5.83. The summed E-state index contributed by atoms with van der Waals surface area (Å²) < 4.78 is 0. The largest absolute Gasteiger partial charge is 0.480 e. The number of aliphatic hydroxyl groups excluding tert-OH is 1. The van der Waals surface area contributed by atoms with Gasteiger partial charge >= 0.3 is 5.97 Å². The summed E-state index contributed by atoms with van der Waals surface area (Å²) in [4.78, 5) is 22.3. The summed E-state index contributed by atoms with van der Waals surface area (Å²) in [5.74, 6) is 0.425. The monoisotopic (exact) mass is 241 g/mol. The van der Waals surface area contributed by atoms with Gasteiger partial charge < -0.3 is 15.5 Å². The zero-order valence-corrected chi connectivity index (χ0v) is 9.76. The van der Waals surface area contributed by atoms with Gasteiger partial charge in [-0.2, -0.15) is 0 Å². The summed E-state index contributed by atoms with van der Waals surface area (Å²) in [5, 5.41) is 19.9. The number of aliphatic carboxylic acids is 1. The summed E-state index contributed by atoms with van der Waals surface area (Å²) in [6.07, 6.45) is 5.25. The van der Waals surface area contributed by atoms with E-state index in [0.717, 1.165) is 12.3 Å². The van der Waals surface area contributed by atoms with Crippen LogP contribution in [0.3, 0.4) is 0 Å². The van der Waals surface area contributed by atoms with Crippen LogP contribution in [0.5, 0.6) is 0 Å². The van der Waals surface area contributed by atoms with Crippen LogP contribution < -0.4 is 5.32 Å². The lowest BCUT2D eigenvalue weighted by atomic mass is 9.86. The molecule has 4 atom stereocenters. The molecule has 5 nitrogen and oxygen atoms in total. The molecular weight excluding hydrogens is 222 g/mol. The molecule has 2 saturated carbocycles. The van der Waals surface area contributed by atoms with E-state index in [-0.39, 0.29) is 5.91 Å². The molecule has 2 aliphatic rings. The fraction of sp³-hybridized carbons (Fsp3) is 0.833. The van der Waals surface area contributed by atoms with Crippen LogP contribution in [-0.4, -0.2) is 34.7 Å². The second-order valence-electron chi connectivity index (χ2n) is 5.28. The van der Waals surface area contributed by atoms with Crippen molar-refractivity contribution in [1.82, 2.24) is 5.32 Å². The van der Waals surface area contributed by atoms with Gasteiger partial charge in [0.15, 0.2) is 0 Å². The molecule has 0 radical (unpaired) electrons. The van der Waals surface area contributed by atoms with E-state index in [1.807, 2.05) is 0 Å². The van der Waals surface area contributed by atoms with Crippen LogP contribution in [0, 0.1) is 17.8 Å². The third-order valence-electron chi connectivity index (χ3n) is 4.15. The molecule has 0 spiro atoms. The smallest absolute Gasteiger partial charge is 0.328 e. The molecule has 3 N–H and O–H groups in total. The first-order valence-electron chi connectivity index (χ1n) is 6.23. The molecule has 0 aromatic rings. The second kappa shape index (κ2) is 5.04. The van der Waals surface area contributed by atoms with E-state index in [0.29, 0.717) is 18.3 Å². The van der Waals surface area contributed by atoms with Crippen molar-refractivity contribution in [2.24, 2.45) is 17.8 Å². The number of hydrogen-bond donors (Lipinski definition) is 3. The summed E-state index contributed by atoms with van der Waals surface area (Å²) >= 11 is 0. The maximum Gasteiger partial charge on any atom is 0.328 e. The lowest BCUT2D eigenvalue weighted by Gasteiger charge is -2.21. The SMILES string of the molecule is O=C(CC1CC2CCC1C2)NC(CO)C(=O)O. The molecule has 1 amide bonds. The lowest BCUT2D eigenvalue weighted by molar-refractivity contribution is -0.143. The third kappa shape index (κ3) is 2.77. The van der Waals surface area contributed by atoms with Gasteiger partial charge in [-0.1, -0.05) is 6.42 Å². The van der Waals surface area contributed by atoms with Gasteiger partial charge in [0, 0.05) is 6.42 Å². The molecule has 2 bridgehead atoms. The fourth-order valence-corrected chi connectivity index (χ4v) is 3.30. The minimum absolute atomic E-state index is 0.246. The van der Waals surface area contributed by atoms with Gasteiger partial charge in [-0.15, -0.1) is 0 Å². The Morgan fingerprint density at radius 2 is 2.06 bits per heavy atom. The van der Waals surface area contributed by atoms with Crippen molar-refractivity contribution in [2.75, 3.05) is 6.61 Å². The number of rotatable bonds is 5. The Kier molecular flexibility index (Phi) is 3.66. The highest BCUT2D eigenvalue weighted by Gasteiger charge is 2.40. The molecule has 2 fully saturated rings. The lowest BCUT2D eigenvalue weighted by Crippen LogP contribution is -2.44. The predicted molar refractivity (Wildman–Crippen MR) is 60.2 cm³/mol. The van der Waals surface area contributed by atoms with E-state index in [2.05, 4.69) is 5.32 Å². The maximum absolute atomic E-state index is 11.7. The van der Waals surface area contributed by atoms with Crippen LogP contribution in [0.2, 0.25) is 0 Å². The van der Waals surface area contributed by atoms with E-state index in [1.54, 1.807) is 0 Å². The van der Waals surface area contributed by atoms with Crippen molar-refractivity contribution in [2.45, 2.75) is 38.1 Å². The molecule has 96 valence electrons. The second-order valence-corrected chi connectivity index (χ2v) is 5.28. The number of fused-ring (bicyclic) bond motifs is 2. The zero-order valence-electron chi connectivity index (χ0n) is 9.76. The molecule has 0 aromatic heterocycles. The van der Waals surface area contributed by atoms with Gasteiger partial charge in [-0.25, -0.2) is 4.79 Å². The summed E-state index contributed by atoms with van der Waals surface area (Å²) in [6, 6.07) is -1.17. The molecule has 17 heavy (non-hydrogen) atoms. The van der Waals surface area contributed by atoms with Crippen molar-refractivity contribution in [3.8, 4) is 0 Å². The van der Waals surface area contributed by atoms with Gasteiger partial charge in [0.05, 0.1) is 6.61 Å². The first-order chi connectivity index (χ1) is 8.10. The van der Waals surface area contributed by atoms with Crippen molar-refractivity contribution < 1.29 is 19.8 Å². The molecule has 0 aromatic carbocycles. The highest BCUT2D eigenvalue weighted by atomic mass is 16.4. The van der Waals surface area contributed by atoms with E-state index in [1.165, 1.54) is 19.3 Å². The van der Waals surface area contributed by atoms with Crippen LogP contribution in [0.15, 0.2) is 0 Å². The van der Waals surface area contributed by atoms with E-state index >= 15 is 0 Å². The Hall–Kier alpha value is -1.10. The number of amides is 1. The van der Waals surface area contributed by atoms with Crippen LogP contribution in [0.4, 0.5) is 0 Å². The quantitative estimate of drug-likeness (QED) is 0.649. The Balaban J connectivity index is 1.79. The normalized spacial score (nSPS) is 32.4.